The highest BCUT2D eigenvalue weighted by Gasteiger charge is 2.15. The lowest BCUT2D eigenvalue weighted by molar-refractivity contribution is 0.737. The smallest absolute Gasteiger partial charge is 0.263 e. The molecule has 0 aliphatic carbocycles. The third-order valence-electron chi connectivity index (χ3n) is 3.48. The second kappa shape index (κ2) is 5.15. The normalized spacial score (nSPS) is 10.7. The Morgan fingerprint density at radius 2 is 2.00 bits per heavy atom. The van der Waals surface area contributed by atoms with E-state index in [2.05, 4.69) is 4.98 Å². The first-order chi connectivity index (χ1) is 10.1. The highest BCUT2D eigenvalue weighted by molar-refractivity contribution is 7.17. The van der Waals surface area contributed by atoms with Crippen molar-refractivity contribution in [2.75, 3.05) is 0 Å². The molecule has 2 heterocycles. The molecule has 0 aliphatic heterocycles. The molecular formula is C16H13N3OS. The van der Waals surface area contributed by atoms with Crippen molar-refractivity contribution in [2.24, 2.45) is 0 Å². The number of hydrogen-bond acceptors (Lipinski definition) is 4. The van der Waals surface area contributed by atoms with Crippen molar-refractivity contribution in [3.8, 4) is 17.2 Å². The van der Waals surface area contributed by atoms with Crippen LogP contribution in [0.25, 0.3) is 21.3 Å². The topological polar surface area (TPSA) is 58.7 Å². The average Bonchev–Trinajstić information content (AvgIpc) is 2.88. The molecule has 0 saturated carbocycles. The Labute approximate surface area is 125 Å². The van der Waals surface area contributed by atoms with Crippen molar-refractivity contribution >= 4 is 21.6 Å². The summed E-state index contributed by atoms with van der Waals surface area (Å²) in [6.07, 6.45) is 0. The number of nitrogens with zero attached hydrogens (tertiary/aromatic N) is 3. The van der Waals surface area contributed by atoms with E-state index in [9.17, 15) is 4.79 Å². The number of aromatic nitrogens is 2. The number of rotatable bonds is 2. The van der Waals surface area contributed by atoms with Crippen LogP contribution in [0.15, 0.2) is 34.4 Å². The predicted octanol–water partition coefficient (Wildman–Crippen LogP) is 3.27. The van der Waals surface area contributed by atoms with E-state index in [0.717, 1.165) is 16.0 Å². The maximum absolute atomic E-state index is 12.6. The van der Waals surface area contributed by atoms with Crippen molar-refractivity contribution < 1.29 is 0 Å². The first-order valence-corrected chi connectivity index (χ1v) is 7.42. The van der Waals surface area contributed by atoms with Gasteiger partial charge in [-0.05, 0) is 19.4 Å². The van der Waals surface area contributed by atoms with Crippen LogP contribution in [0.5, 0.6) is 0 Å². The maximum Gasteiger partial charge on any atom is 0.263 e. The van der Waals surface area contributed by atoms with Crippen LogP contribution in [-0.4, -0.2) is 9.55 Å². The van der Waals surface area contributed by atoms with Gasteiger partial charge in [0, 0.05) is 10.9 Å². The zero-order valence-corrected chi connectivity index (χ0v) is 12.6. The van der Waals surface area contributed by atoms with Gasteiger partial charge in [0.25, 0.3) is 5.56 Å². The number of fused-ring (bicyclic) bond motifs is 1. The Balaban J connectivity index is 2.31. The van der Waals surface area contributed by atoms with Crippen LogP contribution in [0.3, 0.4) is 0 Å². The fourth-order valence-electron chi connectivity index (χ4n) is 2.33. The van der Waals surface area contributed by atoms with Crippen LogP contribution in [0, 0.1) is 25.2 Å². The molecule has 0 aliphatic rings. The molecule has 0 unspecified atom stereocenters. The second-order valence-electron chi connectivity index (χ2n) is 4.90. The Morgan fingerprint density at radius 3 is 2.67 bits per heavy atom. The Morgan fingerprint density at radius 1 is 1.29 bits per heavy atom. The summed E-state index contributed by atoms with van der Waals surface area (Å²) >= 11 is 1.46. The van der Waals surface area contributed by atoms with Crippen LogP contribution in [0.1, 0.15) is 11.4 Å². The fraction of sp³-hybridized carbons (Fsp3) is 0.188. The van der Waals surface area contributed by atoms with E-state index >= 15 is 0 Å². The summed E-state index contributed by atoms with van der Waals surface area (Å²) in [6, 6.07) is 10.1. The lowest BCUT2D eigenvalue weighted by atomic mass is 10.1. The van der Waals surface area contributed by atoms with Crippen LogP contribution in [0.4, 0.5) is 0 Å². The minimum Gasteiger partial charge on any atom is -0.282 e. The van der Waals surface area contributed by atoms with Crippen molar-refractivity contribution in [2.45, 2.75) is 20.4 Å². The van der Waals surface area contributed by atoms with E-state index in [-0.39, 0.29) is 12.1 Å². The van der Waals surface area contributed by atoms with Crippen LogP contribution in [0.2, 0.25) is 0 Å². The summed E-state index contributed by atoms with van der Waals surface area (Å²) < 4.78 is 1.42. The molecule has 0 atom stereocenters. The van der Waals surface area contributed by atoms with Crippen LogP contribution < -0.4 is 5.56 Å². The quantitative estimate of drug-likeness (QED) is 0.729. The van der Waals surface area contributed by atoms with Gasteiger partial charge in [-0.25, -0.2) is 4.98 Å². The molecule has 5 heteroatoms. The minimum atomic E-state index is -0.143. The largest absolute Gasteiger partial charge is 0.282 e. The first kappa shape index (κ1) is 13.5. The van der Waals surface area contributed by atoms with E-state index in [0.29, 0.717) is 11.2 Å². The van der Waals surface area contributed by atoms with Gasteiger partial charge < -0.3 is 0 Å². The number of nitriles is 1. The van der Waals surface area contributed by atoms with Gasteiger partial charge >= 0.3 is 0 Å². The van der Waals surface area contributed by atoms with E-state index in [1.807, 2.05) is 42.6 Å². The molecule has 21 heavy (non-hydrogen) atoms. The van der Waals surface area contributed by atoms with Crippen LogP contribution in [-0.2, 0) is 6.54 Å². The van der Waals surface area contributed by atoms with Crippen molar-refractivity contribution in [3.05, 3.63) is 51.4 Å². The molecule has 4 nitrogen and oxygen atoms in total. The van der Waals surface area contributed by atoms with Crippen molar-refractivity contribution in [3.63, 3.8) is 0 Å². The highest BCUT2D eigenvalue weighted by Crippen LogP contribution is 2.31. The molecule has 0 spiro atoms. The molecule has 3 rings (SSSR count). The lowest BCUT2D eigenvalue weighted by Crippen LogP contribution is -2.23. The van der Waals surface area contributed by atoms with Gasteiger partial charge in [-0.2, -0.15) is 5.26 Å². The summed E-state index contributed by atoms with van der Waals surface area (Å²) in [5, 5.41) is 11.4. The fourth-order valence-corrected chi connectivity index (χ4v) is 3.31. The lowest BCUT2D eigenvalue weighted by Gasteiger charge is -2.06. The molecule has 3 aromatic rings. The summed E-state index contributed by atoms with van der Waals surface area (Å²) in [7, 11) is 0. The molecule has 0 amide bonds. The monoisotopic (exact) mass is 295 g/mol. The van der Waals surface area contributed by atoms with E-state index in [4.69, 9.17) is 5.26 Å². The van der Waals surface area contributed by atoms with E-state index in [1.54, 1.807) is 6.92 Å². The van der Waals surface area contributed by atoms with Gasteiger partial charge in [-0.3, -0.25) is 9.36 Å². The van der Waals surface area contributed by atoms with Gasteiger partial charge in [0.05, 0.1) is 11.5 Å². The van der Waals surface area contributed by atoms with Gasteiger partial charge in [0.1, 0.15) is 17.2 Å². The standard InChI is InChI=1S/C16H13N3OS/c1-10-3-5-12(6-4-10)13-9-21-15-14(13)16(20)19(8-7-17)11(2)18-15/h3-6,9H,8H2,1-2H3. The molecule has 0 radical (unpaired) electrons. The number of benzene rings is 1. The third kappa shape index (κ3) is 2.24. The summed E-state index contributed by atoms with van der Waals surface area (Å²) in [6.45, 7) is 3.81. The van der Waals surface area contributed by atoms with Crippen molar-refractivity contribution in [1.82, 2.24) is 9.55 Å². The number of thiophene rings is 1. The van der Waals surface area contributed by atoms with E-state index < -0.39 is 0 Å². The highest BCUT2D eigenvalue weighted by atomic mass is 32.1. The SMILES string of the molecule is Cc1ccc(-c2csc3nc(C)n(CC#N)c(=O)c23)cc1. The second-order valence-corrected chi connectivity index (χ2v) is 5.76. The Kier molecular flexibility index (Phi) is 3.32. The first-order valence-electron chi connectivity index (χ1n) is 6.54. The van der Waals surface area contributed by atoms with Crippen molar-refractivity contribution in [1.29, 1.82) is 5.26 Å². The average molecular weight is 295 g/mol. The summed E-state index contributed by atoms with van der Waals surface area (Å²) in [5.41, 5.74) is 2.92. The van der Waals surface area contributed by atoms with Crippen LogP contribution >= 0.6 is 11.3 Å². The van der Waals surface area contributed by atoms with E-state index in [1.165, 1.54) is 21.5 Å². The molecule has 0 bridgehead atoms. The molecule has 0 N–H and O–H groups in total. The maximum atomic E-state index is 12.6. The molecule has 1 aromatic carbocycles. The number of hydrogen-bond donors (Lipinski definition) is 0. The predicted molar refractivity (Wildman–Crippen MR) is 84.4 cm³/mol. The minimum absolute atomic E-state index is 0.0246. The van der Waals surface area contributed by atoms with Gasteiger partial charge in [-0.15, -0.1) is 11.3 Å². The Hall–Kier alpha value is -2.45. The van der Waals surface area contributed by atoms with Gasteiger partial charge in [-0.1, -0.05) is 29.8 Å². The zero-order chi connectivity index (χ0) is 15.0. The zero-order valence-electron chi connectivity index (χ0n) is 11.8. The summed E-state index contributed by atoms with van der Waals surface area (Å²) in [5.74, 6) is 0.575. The molecular weight excluding hydrogens is 282 g/mol. The van der Waals surface area contributed by atoms with Gasteiger partial charge in [0.15, 0.2) is 0 Å². The summed E-state index contributed by atoms with van der Waals surface area (Å²) in [4.78, 5) is 17.8. The Bertz CT molecular complexity index is 914. The molecule has 104 valence electrons. The third-order valence-corrected chi connectivity index (χ3v) is 4.35. The number of aryl methyl sites for hydroxylation is 2. The molecule has 2 aromatic heterocycles. The molecule has 0 saturated heterocycles. The molecule has 0 fully saturated rings. The van der Waals surface area contributed by atoms with Gasteiger partial charge in [0.2, 0.25) is 0 Å².